The first-order chi connectivity index (χ1) is 7.92. The van der Waals surface area contributed by atoms with Crippen LogP contribution in [0.25, 0.3) is 0 Å². The minimum absolute atomic E-state index is 0. The molecule has 3 nitrogen and oxygen atoms in total. The Kier molecular flexibility index (Phi) is 7.55. The zero-order valence-corrected chi connectivity index (χ0v) is 13.3. The number of hydrogen-bond donors (Lipinski definition) is 2. The van der Waals surface area contributed by atoms with Gasteiger partial charge in [0.2, 0.25) is 8.32 Å². The minimum atomic E-state index is -1.51. The van der Waals surface area contributed by atoms with Crippen molar-refractivity contribution in [1.82, 2.24) is 0 Å². The summed E-state index contributed by atoms with van der Waals surface area (Å²) in [6.07, 6.45) is 1.90. The topological polar surface area (TPSA) is 61.3 Å². The molecule has 1 aromatic rings. The molecule has 104 valence electrons. The molecule has 0 radical (unpaired) electrons. The molecule has 4 N–H and O–H groups in total. The summed E-state index contributed by atoms with van der Waals surface area (Å²) in [5.74, 6) is 0.943. The standard InChI is InChI=1S/C13H24N2OSi.ClH/c1-17(2,3)16-12-8-6-11(7-9-12)13(15)5-4-10-14;/h6-9,13H,4-5,10,14-15H2,1-3H3;1H/t13-;/m1./s1. The summed E-state index contributed by atoms with van der Waals surface area (Å²) < 4.78 is 5.90. The van der Waals surface area contributed by atoms with Crippen LogP contribution in [0.2, 0.25) is 19.6 Å². The van der Waals surface area contributed by atoms with Gasteiger partial charge in [-0.05, 0) is 56.7 Å². The Hall–Kier alpha value is -0.553. The summed E-state index contributed by atoms with van der Waals surface area (Å²) in [7, 11) is -1.51. The van der Waals surface area contributed by atoms with Gasteiger partial charge < -0.3 is 15.9 Å². The fraction of sp³-hybridized carbons (Fsp3) is 0.538. The van der Waals surface area contributed by atoms with Gasteiger partial charge in [0.1, 0.15) is 5.75 Å². The van der Waals surface area contributed by atoms with Crippen LogP contribution < -0.4 is 15.9 Å². The second-order valence-electron chi connectivity index (χ2n) is 5.32. The molecule has 0 aliphatic rings. The largest absolute Gasteiger partial charge is 0.544 e. The molecular weight excluding hydrogens is 264 g/mol. The number of hydrogen-bond acceptors (Lipinski definition) is 3. The molecule has 0 aromatic heterocycles. The highest BCUT2D eigenvalue weighted by Crippen LogP contribution is 2.21. The summed E-state index contributed by atoms with van der Waals surface area (Å²) in [4.78, 5) is 0. The Morgan fingerprint density at radius 2 is 1.72 bits per heavy atom. The van der Waals surface area contributed by atoms with Crippen LogP contribution in [0.15, 0.2) is 24.3 Å². The van der Waals surface area contributed by atoms with Crippen molar-refractivity contribution in [2.24, 2.45) is 11.5 Å². The first kappa shape index (κ1) is 17.4. The average molecular weight is 289 g/mol. The highest BCUT2D eigenvalue weighted by atomic mass is 35.5. The summed E-state index contributed by atoms with van der Waals surface area (Å²) >= 11 is 0. The number of benzene rings is 1. The van der Waals surface area contributed by atoms with Crippen LogP contribution in [-0.4, -0.2) is 14.9 Å². The van der Waals surface area contributed by atoms with E-state index in [0.717, 1.165) is 24.2 Å². The van der Waals surface area contributed by atoms with Crippen LogP contribution in [0.1, 0.15) is 24.4 Å². The van der Waals surface area contributed by atoms with Crippen molar-refractivity contribution in [3.8, 4) is 5.75 Å². The summed E-state index contributed by atoms with van der Waals surface area (Å²) in [6.45, 7) is 7.22. The van der Waals surface area contributed by atoms with Crippen molar-refractivity contribution in [3.05, 3.63) is 29.8 Å². The molecule has 0 heterocycles. The molecule has 0 spiro atoms. The van der Waals surface area contributed by atoms with E-state index >= 15 is 0 Å². The molecule has 0 fully saturated rings. The van der Waals surface area contributed by atoms with E-state index in [1.807, 2.05) is 12.1 Å². The first-order valence-electron chi connectivity index (χ1n) is 6.17. The van der Waals surface area contributed by atoms with E-state index in [-0.39, 0.29) is 18.4 Å². The number of nitrogens with two attached hydrogens (primary N) is 2. The van der Waals surface area contributed by atoms with Crippen LogP contribution in [0.5, 0.6) is 5.75 Å². The van der Waals surface area contributed by atoms with E-state index in [1.165, 1.54) is 0 Å². The van der Waals surface area contributed by atoms with Gasteiger partial charge in [0.15, 0.2) is 0 Å². The first-order valence-corrected chi connectivity index (χ1v) is 9.58. The number of rotatable bonds is 6. The lowest BCUT2D eigenvalue weighted by atomic mass is 10.0. The molecular formula is C13H25ClN2OSi. The highest BCUT2D eigenvalue weighted by Gasteiger charge is 2.16. The summed E-state index contributed by atoms with van der Waals surface area (Å²) in [5, 5.41) is 0. The van der Waals surface area contributed by atoms with Crippen LogP contribution in [0.3, 0.4) is 0 Å². The predicted octanol–water partition coefficient (Wildman–Crippen LogP) is 3.06. The molecule has 0 aliphatic carbocycles. The molecule has 0 saturated heterocycles. The van der Waals surface area contributed by atoms with Crippen LogP contribution >= 0.6 is 12.4 Å². The van der Waals surface area contributed by atoms with E-state index in [2.05, 4.69) is 31.8 Å². The third-order valence-corrected chi connectivity index (χ3v) is 3.30. The Balaban J connectivity index is 0.00000289. The fourth-order valence-corrected chi connectivity index (χ4v) is 2.48. The van der Waals surface area contributed by atoms with Gasteiger partial charge in [0.05, 0.1) is 0 Å². The van der Waals surface area contributed by atoms with Gasteiger partial charge in [-0.15, -0.1) is 12.4 Å². The van der Waals surface area contributed by atoms with Crippen LogP contribution in [0.4, 0.5) is 0 Å². The van der Waals surface area contributed by atoms with Crippen LogP contribution in [0, 0.1) is 0 Å². The normalized spacial score (nSPS) is 12.7. The van der Waals surface area contributed by atoms with E-state index in [1.54, 1.807) is 0 Å². The average Bonchev–Trinajstić information content (AvgIpc) is 2.24. The van der Waals surface area contributed by atoms with Gasteiger partial charge in [-0.25, -0.2) is 0 Å². The molecule has 0 amide bonds. The minimum Gasteiger partial charge on any atom is -0.544 e. The Morgan fingerprint density at radius 3 is 2.17 bits per heavy atom. The lowest BCUT2D eigenvalue weighted by Gasteiger charge is -2.20. The molecule has 0 saturated carbocycles. The van der Waals surface area contributed by atoms with E-state index in [0.29, 0.717) is 6.54 Å². The predicted molar refractivity (Wildman–Crippen MR) is 82.9 cm³/mol. The Bertz CT molecular complexity index is 338. The zero-order valence-electron chi connectivity index (χ0n) is 11.5. The molecule has 0 aliphatic heterocycles. The van der Waals surface area contributed by atoms with Crippen LogP contribution in [-0.2, 0) is 0 Å². The van der Waals surface area contributed by atoms with Crippen molar-refractivity contribution in [1.29, 1.82) is 0 Å². The third kappa shape index (κ3) is 6.40. The van der Waals surface area contributed by atoms with E-state index in [9.17, 15) is 0 Å². The van der Waals surface area contributed by atoms with Gasteiger partial charge in [0.25, 0.3) is 0 Å². The van der Waals surface area contributed by atoms with Gasteiger partial charge in [-0.2, -0.15) is 0 Å². The third-order valence-electron chi connectivity index (χ3n) is 2.45. The van der Waals surface area contributed by atoms with Gasteiger partial charge in [-0.3, -0.25) is 0 Å². The molecule has 1 rings (SSSR count). The lowest BCUT2D eigenvalue weighted by molar-refractivity contribution is 0.556. The quantitative estimate of drug-likeness (QED) is 0.791. The van der Waals surface area contributed by atoms with E-state index < -0.39 is 8.32 Å². The van der Waals surface area contributed by atoms with Gasteiger partial charge >= 0.3 is 0 Å². The number of halogens is 1. The van der Waals surface area contributed by atoms with Gasteiger partial charge in [-0.1, -0.05) is 12.1 Å². The summed E-state index contributed by atoms with van der Waals surface area (Å²) in [6, 6.07) is 8.21. The maximum atomic E-state index is 6.07. The maximum Gasteiger partial charge on any atom is 0.242 e. The molecule has 0 bridgehead atoms. The van der Waals surface area contributed by atoms with Crippen molar-refractivity contribution in [2.45, 2.75) is 38.5 Å². The van der Waals surface area contributed by atoms with Crippen molar-refractivity contribution in [3.63, 3.8) is 0 Å². The van der Waals surface area contributed by atoms with Gasteiger partial charge in [0, 0.05) is 6.04 Å². The maximum absolute atomic E-state index is 6.07. The highest BCUT2D eigenvalue weighted by molar-refractivity contribution is 6.70. The fourth-order valence-electron chi connectivity index (χ4n) is 1.64. The van der Waals surface area contributed by atoms with Crippen molar-refractivity contribution in [2.75, 3.05) is 6.54 Å². The molecule has 1 atom stereocenters. The lowest BCUT2D eigenvalue weighted by Crippen LogP contribution is -2.29. The summed E-state index contributed by atoms with van der Waals surface area (Å²) in [5.41, 5.74) is 12.7. The van der Waals surface area contributed by atoms with Crippen molar-refractivity contribution >= 4 is 20.7 Å². The Morgan fingerprint density at radius 1 is 1.17 bits per heavy atom. The molecule has 5 heteroatoms. The smallest absolute Gasteiger partial charge is 0.242 e. The second kappa shape index (κ2) is 7.79. The van der Waals surface area contributed by atoms with Crippen molar-refractivity contribution < 1.29 is 4.43 Å². The Labute approximate surface area is 117 Å². The molecule has 18 heavy (non-hydrogen) atoms. The zero-order chi connectivity index (χ0) is 12.9. The monoisotopic (exact) mass is 288 g/mol. The second-order valence-corrected chi connectivity index (χ2v) is 9.75. The molecule has 0 unspecified atom stereocenters. The SMILES string of the molecule is C[Si](C)(C)Oc1ccc([C@H](N)CCCN)cc1.Cl. The van der Waals surface area contributed by atoms with E-state index in [4.69, 9.17) is 15.9 Å². The molecule has 1 aromatic carbocycles.